The highest BCUT2D eigenvalue weighted by Gasteiger charge is 2.17. The number of fused-ring (bicyclic) bond motifs is 2. The van der Waals surface area contributed by atoms with Gasteiger partial charge in [0.15, 0.2) is 11.6 Å². The van der Waals surface area contributed by atoms with E-state index in [-0.39, 0.29) is 0 Å². The molecular formula is C28H20N4. The molecule has 1 aliphatic rings. The van der Waals surface area contributed by atoms with Crippen LogP contribution < -0.4 is 0 Å². The summed E-state index contributed by atoms with van der Waals surface area (Å²) >= 11 is 0. The van der Waals surface area contributed by atoms with Crippen molar-refractivity contribution < 1.29 is 0 Å². The molecule has 2 aromatic heterocycles. The molecule has 0 saturated carbocycles. The number of benzene rings is 3. The fourth-order valence-corrected chi connectivity index (χ4v) is 4.18. The van der Waals surface area contributed by atoms with E-state index in [9.17, 15) is 0 Å². The van der Waals surface area contributed by atoms with Crippen molar-refractivity contribution in [2.24, 2.45) is 0 Å². The van der Waals surface area contributed by atoms with Gasteiger partial charge in [0.25, 0.3) is 0 Å². The molecule has 6 rings (SSSR count). The number of hydrogen-bond donors (Lipinski definition) is 0. The average Bonchev–Trinajstić information content (AvgIpc) is 2.88. The topological polar surface area (TPSA) is 51.6 Å². The minimum Gasteiger partial charge on any atom is -0.225 e. The summed E-state index contributed by atoms with van der Waals surface area (Å²) in [6.45, 7) is 0. The zero-order valence-electron chi connectivity index (χ0n) is 17.4. The molecule has 2 heterocycles. The van der Waals surface area contributed by atoms with Crippen LogP contribution in [-0.2, 0) is 0 Å². The summed E-state index contributed by atoms with van der Waals surface area (Å²) in [4.78, 5) is 19.6. The molecule has 152 valence electrons. The van der Waals surface area contributed by atoms with Crippen LogP contribution in [0.4, 0.5) is 0 Å². The van der Waals surface area contributed by atoms with Gasteiger partial charge in [0.2, 0.25) is 0 Å². The highest BCUT2D eigenvalue weighted by atomic mass is 15.0. The Morgan fingerprint density at radius 3 is 1.78 bits per heavy atom. The van der Waals surface area contributed by atoms with Crippen molar-refractivity contribution in [3.8, 4) is 22.9 Å². The zero-order valence-corrected chi connectivity index (χ0v) is 17.4. The summed E-state index contributed by atoms with van der Waals surface area (Å²) in [5.41, 5.74) is 5.77. The molecule has 0 spiro atoms. The Morgan fingerprint density at radius 1 is 0.531 bits per heavy atom. The van der Waals surface area contributed by atoms with Gasteiger partial charge in [-0.2, -0.15) is 0 Å². The van der Waals surface area contributed by atoms with Gasteiger partial charge in [-0.25, -0.2) is 19.9 Å². The third kappa shape index (κ3) is 3.26. The summed E-state index contributed by atoms with van der Waals surface area (Å²) in [7, 11) is 0. The van der Waals surface area contributed by atoms with E-state index in [4.69, 9.17) is 19.9 Å². The molecule has 0 atom stereocenters. The highest BCUT2D eigenvalue weighted by Crippen LogP contribution is 2.31. The Labute approximate surface area is 186 Å². The predicted molar refractivity (Wildman–Crippen MR) is 130 cm³/mol. The highest BCUT2D eigenvalue weighted by molar-refractivity contribution is 5.95. The van der Waals surface area contributed by atoms with Crippen molar-refractivity contribution in [3.05, 3.63) is 103 Å². The van der Waals surface area contributed by atoms with Crippen molar-refractivity contribution in [2.45, 2.75) is 12.8 Å². The van der Waals surface area contributed by atoms with Crippen LogP contribution in [0.2, 0.25) is 0 Å². The monoisotopic (exact) mass is 412 g/mol. The Bertz CT molecular complexity index is 1520. The second-order valence-electron chi connectivity index (χ2n) is 7.83. The summed E-state index contributed by atoms with van der Waals surface area (Å²) < 4.78 is 0. The molecule has 4 nitrogen and oxygen atoms in total. The van der Waals surface area contributed by atoms with Gasteiger partial charge in [-0.15, -0.1) is 0 Å². The molecule has 32 heavy (non-hydrogen) atoms. The Balaban J connectivity index is 1.62. The summed E-state index contributed by atoms with van der Waals surface area (Å²) in [5.74, 6) is 1.08. The van der Waals surface area contributed by atoms with Crippen LogP contribution in [0.15, 0.2) is 97.1 Å². The average molecular weight is 412 g/mol. The van der Waals surface area contributed by atoms with Crippen LogP contribution in [-0.4, -0.2) is 19.9 Å². The van der Waals surface area contributed by atoms with E-state index < -0.39 is 0 Å². The minimum absolute atomic E-state index is 0.537. The number of para-hydroxylation sites is 2. The van der Waals surface area contributed by atoms with E-state index in [1.54, 1.807) is 0 Å². The van der Waals surface area contributed by atoms with Crippen molar-refractivity contribution in [1.82, 2.24) is 19.9 Å². The molecule has 0 N–H and O–H groups in total. The van der Waals surface area contributed by atoms with Crippen LogP contribution in [0.25, 0.3) is 50.3 Å². The second-order valence-corrected chi connectivity index (χ2v) is 7.83. The SMILES string of the molecule is C1=CC(c2nc(-c3nc(-c4ccccc4)c4ccccc4n3)nc3ccccc23)=CCC1. The Morgan fingerprint density at radius 2 is 1.12 bits per heavy atom. The molecule has 5 aromatic rings. The van der Waals surface area contributed by atoms with E-state index in [0.29, 0.717) is 11.6 Å². The van der Waals surface area contributed by atoms with E-state index in [0.717, 1.165) is 57.2 Å². The molecule has 0 aliphatic heterocycles. The van der Waals surface area contributed by atoms with Gasteiger partial charge in [-0.3, -0.25) is 0 Å². The van der Waals surface area contributed by atoms with Gasteiger partial charge < -0.3 is 0 Å². The van der Waals surface area contributed by atoms with Crippen LogP contribution in [0.5, 0.6) is 0 Å². The molecule has 0 amide bonds. The quantitative estimate of drug-likeness (QED) is 0.333. The van der Waals surface area contributed by atoms with Gasteiger partial charge in [-0.05, 0) is 30.5 Å². The fraction of sp³-hybridized carbons (Fsp3) is 0.0714. The second kappa shape index (κ2) is 7.82. The van der Waals surface area contributed by atoms with Crippen LogP contribution >= 0.6 is 0 Å². The fourth-order valence-electron chi connectivity index (χ4n) is 4.18. The smallest absolute Gasteiger partial charge is 0.198 e. The molecule has 3 aromatic carbocycles. The molecule has 1 aliphatic carbocycles. The van der Waals surface area contributed by atoms with Crippen molar-refractivity contribution in [2.75, 3.05) is 0 Å². The van der Waals surface area contributed by atoms with E-state index in [1.807, 2.05) is 54.6 Å². The van der Waals surface area contributed by atoms with E-state index in [1.165, 1.54) is 0 Å². The standard InChI is InChI=1S/C28H20N4/c1-3-11-19(12-4-1)25-21-15-7-9-17-23(21)29-27(31-25)28-30-24-18-10-8-16-22(24)26(32-28)20-13-5-2-6-14-20/h1,3-5,7-18H,2,6H2. The maximum atomic E-state index is 4.98. The van der Waals surface area contributed by atoms with Gasteiger partial charge in [0.05, 0.1) is 22.4 Å². The number of nitrogens with zero attached hydrogens (tertiary/aromatic N) is 4. The van der Waals surface area contributed by atoms with E-state index >= 15 is 0 Å². The third-order valence-electron chi connectivity index (χ3n) is 5.72. The van der Waals surface area contributed by atoms with Gasteiger partial charge >= 0.3 is 0 Å². The van der Waals surface area contributed by atoms with Crippen LogP contribution in [0.1, 0.15) is 18.5 Å². The number of allylic oxidation sites excluding steroid dienone is 4. The number of rotatable bonds is 3. The Hall–Kier alpha value is -4.18. The van der Waals surface area contributed by atoms with Gasteiger partial charge in [0.1, 0.15) is 0 Å². The molecule has 0 radical (unpaired) electrons. The lowest BCUT2D eigenvalue weighted by Gasteiger charge is -2.12. The first-order valence-electron chi connectivity index (χ1n) is 10.8. The first-order valence-corrected chi connectivity index (χ1v) is 10.8. The number of aromatic nitrogens is 4. The first kappa shape index (κ1) is 18.6. The molecule has 0 saturated heterocycles. The van der Waals surface area contributed by atoms with Crippen molar-refractivity contribution >= 4 is 27.4 Å². The van der Waals surface area contributed by atoms with Crippen molar-refractivity contribution in [1.29, 1.82) is 0 Å². The predicted octanol–water partition coefficient (Wildman–Crippen LogP) is 6.64. The lowest BCUT2D eigenvalue weighted by molar-refractivity contribution is 1.04. The van der Waals surface area contributed by atoms with Crippen LogP contribution in [0, 0.1) is 0 Å². The van der Waals surface area contributed by atoms with Gasteiger partial charge in [-0.1, -0.05) is 85.0 Å². The normalized spacial score (nSPS) is 13.4. The molecule has 0 fully saturated rings. The molecular weight excluding hydrogens is 392 g/mol. The maximum absolute atomic E-state index is 4.98. The minimum atomic E-state index is 0.537. The lowest BCUT2D eigenvalue weighted by atomic mass is 10.0. The summed E-state index contributed by atoms with van der Waals surface area (Å²) in [6, 6.07) is 26.4. The van der Waals surface area contributed by atoms with Crippen LogP contribution in [0.3, 0.4) is 0 Å². The van der Waals surface area contributed by atoms with E-state index in [2.05, 4.69) is 42.5 Å². The molecule has 0 bridgehead atoms. The Kier molecular flexibility index (Phi) is 4.54. The largest absolute Gasteiger partial charge is 0.225 e. The zero-order chi connectivity index (χ0) is 21.3. The third-order valence-corrected chi connectivity index (χ3v) is 5.72. The first-order chi connectivity index (χ1) is 15.9. The maximum Gasteiger partial charge on any atom is 0.198 e. The van der Waals surface area contributed by atoms with Gasteiger partial charge in [0, 0.05) is 16.3 Å². The lowest BCUT2D eigenvalue weighted by Crippen LogP contribution is -2.02. The molecule has 4 heteroatoms. The summed E-state index contributed by atoms with van der Waals surface area (Å²) in [5, 5.41) is 2.06. The number of hydrogen-bond acceptors (Lipinski definition) is 4. The molecule has 0 unspecified atom stereocenters. The summed E-state index contributed by atoms with van der Waals surface area (Å²) in [6.07, 6.45) is 8.68. The van der Waals surface area contributed by atoms with Crippen molar-refractivity contribution in [3.63, 3.8) is 0 Å².